The zero-order chi connectivity index (χ0) is 17.1. The van der Waals surface area contributed by atoms with Crippen LogP contribution in [0.1, 0.15) is 24.3 Å². The van der Waals surface area contributed by atoms with Crippen molar-refractivity contribution >= 4 is 17.0 Å². The average molecular weight is 326 g/mol. The van der Waals surface area contributed by atoms with Crippen molar-refractivity contribution in [2.75, 3.05) is 0 Å². The van der Waals surface area contributed by atoms with Crippen molar-refractivity contribution in [1.29, 1.82) is 0 Å². The molecule has 2 amide bonds. The number of ether oxygens (including phenoxy) is 1. The first kappa shape index (κ1) is 15.9. The highest BCUT2D eigenvalue weighted by Gasteiger charge is 2.21. The van der Waals surface area contributed by atoms with Crippen molar-refractivity contribution in [3.63, 3.8) is 0 Å². The van der Waals surface area contributed by atoms with Gasteiger partial charge < -0.3 is 14.9 Å². The fourth-order valence-corrected chi connectivity index (χ4v) is 2.38. The number of amides is 2. The molecule has 0 aliphatic heterocycles. The number of nitrogens with two attached hydrogens (primary N) is 1. The smallest absolute Gasteiger partial charge is 0.339 e. The summed E-state index contributed by atoms with van der Waals surface area (Å²) in [5.41, 5.74) is 6.75. The fourth-order valence-electron chi connectivity index (χ4n) is 2.38. The van der Waals surface area contributed by atoms with Gasteiger partial charge in [0.25, 0.3) is 0 Å². The molecule has 0 spiro atoms. The summed E-state index contributed by atoms with van der Waals surface area (Å²) in [5, 5.41) is 10.9. The number of furan rings is 1. The summed E-state index contributed by atoms with van der Waals surface area (Å²) in [6.07, 6.45) is 0. The number of rotatable bonds is 5. The van der Waals surface area contributed by atoms with Gasteiger partial charge in [-0.05, 0) is 30.7 Å². The average Bonchev–Trinajstić information content (AvgIpc) is 3.02. The Hall–Kier alpha value is -2.99. The van der Waals surface area contributed by atoms with Crippen molar-refractivity contribution in [3.05, 3.63) is 65.9 Å². The third-order valence-corrected chi connectivity index (χ3v) is 3.76. The van der Waals surface area contributed by atoms with E-state index < -0.39 is 12.1 Å². The van der Waals surface area contributed by atoms with Gasteiger partial charge in [0.15, 0.2) is 0 Å². The van der Waals surface area contributed by atoms with E-state index in [1.807, 2.05) is 42.5 Å². The Balaban J connectivity index is 1.77. The summed E-state index contributed by atoms with van der Waals surface area (Å²) in [6.45, 7) is 2.08. The molecule has 3 N–H and O–H groups in total. The number of primary amides is 1. The Morgan fingerprint density at radius 3 is 2.71 bits per heavy atom. The van der Waals surface area contributed by atoms with Crippen LogP contribution in [0.4, 0.5) is 4.79 Å². The van der Waals surface area contributed by atoms with Crippen molar-refractivity contribution < 1.29 is 19.2 Å². The normalized spacial score (nSPS) is 12.1. The number of carbonyl (C=O) groups is 1. The van der Waals surface area contributed by atoms with E-state index in [9.17, 15) is 10.0 Å². The lowest BCUT2D eigenvalue weighted by Crippen LogP contribution is -2.34. The van der Waals surface area contributed by atoms with Gasteiger partial charge in [0, 0.05) is 11.5 Å². The predicted molar refractivity (Wildman–Crippen MR) is 88.6 cm³/mol. The van der Waals surface area contributed by atoms with E-state index in [4.69, 9.17) is 14.9 Å². The lowest BCUT2D eigenvalue weighted by Gasteiger charge is -2.17. The van der Waals surface area contributed by atoms with Gasteiger partial charge in [-0.25, -0.2) is 4.79 Å². The molecule has 3 aromatic rings. The molecule has 0 fully saturated rings. The Morgan fingerprint density at radius 1 is 1.25 bits per heavy atom. The van der Waals surface area contributed by atoms with Crippen LogP contribution in [0.5, 0.6) is 5.75 Å². The Morgan fingerprint density at radius 2 is 2.00 bits per heavy atom. The Kier molecular flexibility index (Phi) is 4.39. The minimum atomic E-state index is -0.935. The zero-order valence-corrected chi connectivity index (χ0v) is 13.2. The maximum absolute atomic E-state index is 11.0. The van der Waals surface area contributed by atoms with Gasteiger partial charge in [0.05, 0.1) is 0 Å². The first-order valence-electron chi connectivity index (χ1n) is 7.52. The number of nitrogens with zero attached hydrogens (tertiary/aromatic N) is 1. The number of fused-ring (bicyclic) bond motifs is 1. The summed E-state index contributed by atoms with van der Waals surface area (Å²) in [7, 11) is 0. The maximum Gasteiger partial charge on any atom is 0.339 e. The quantitative estimate of drug-likeness (QED) is 0.550. The van der Waals surface area contributed by atoms with Crippen molar-refractivity contribution in [2.24, 2.45) is 5.73 Å². The molecule has 0 bridgehead atoms. The fraction of sp³-hybridized carbons (Fsp3) is 0.167. The lowest BCUT2D eigenvalue weighted by molar-refractivity contribution is -0.0758. The van der Waals surface area contributed by atoms with Crippen LogP contribution in [0.3, 0.4) is 0 Å². The highest BCUT2D eigenvalue weighted by Crippen LogP contribution is 2.29. The maximum atomic E-state index is 11.0. The van der Waals surface area contributed by atoms with Gasteiger partial charge in [-0.15, -0.1) is 0 Å². The highest BCUT2D eigenvalue weighted by atomic mass is 16.5. The van der Waals surface area contributed by atoms with Crippen molar-refractivity contribution in [1.82, 2.24) is 5.06 Å². The van der Waals surface area contributed by atoms with Gasteiger partial charge in [-0.3, -0.25) is 5.21 Å². The molecule has 124 valence electrons. The van der Waals surface area contributed by atoms with Crippen LogP contribution >= 0.6 is 0 Å². The van der Waals surface area contributed by atoms with E-state index in [2.05, 4.69) is 0 Å². The number of benzene rings is 2. The van der Waals surface area contributed by atoms with Crippen LogP contribution in [0, 0.1) is 0 Å². The van der Waals surface area contributed by atoms with Gasteiger partial charge in [-0.2, -0.15) is 5.06 Å². The second-order valence-corrected chi connectivity index (χ2v) is 5.48. The lowest BCUT2D eigenvalue weighted by atomic mass is 10.2. The molecule has 1 atom stereocenters. The van der Waals surface area contributed by atoms with Crippen LogP contribution in [0.15, 0.2) is 59.0 Å². The molecular formula is C18H18N2O4. The second-order valence-electron chi connectivity index (χ2n) is 5.48. The summed E-state index contributed by atoms with van der Waals surface area (Å²) in [4.78, 5) is 11.0. The van der Waals surface area contributed by atoms with Gasteiger partial charge >= 0.3 is 6.03 Å². The molecular weight excluding hydrogens is 308 g/mol. The molecule has 0 aliphatic rings. The number of hydroxylamine groups is 2. The van der Waals surface area contributed by atoms with Crippen molar-refractivity contribution in [2.45, 2.75) is 19.6 Å². The SMILES string of the molecule is CC(c1cc2ccc(OCc3ccccc3)cc2o1)N(O)C(N)=O. The number of hydrogen-bond acceptors (Lipinski definition) is 4. The van der Waals surface area contributed by atoms with E-state index in [0.29, 0.717) is 28.8 Å². The van der Waals surface area contributed by atoms with Crippen LogP contribution in [-0.2, 0) is 6.61 Å². The predicted octanol–water partition coefficient (Wildman–Crippen LogP) is 3.84. The Labute approximate surface area is 139 Å². The number of carbonyl (C=O) groups excluding carboxylic acids is 1. The molecule has 0 aliphatic carbocycles. The zero-order valence-electron chi connectivity index (χ0n) is 13.2. The first-order chi connectivity index (χ1) is 11.5. The molecule has 2 aromatic carbocycles. The summed E-state index contributed by atoms with van der Waals surface area (Å²) < 4.78 is 11.5. The van der Waals surface area contributed by atoms with Crippen LogP contribution < -0.4 is 10.5 Å². The molecule has 3 rings (SSSR count). The molecule has 1 heterocycles. The van der Waals surface area contributed by atoms with E-state index >= 15 is 0 Å². The largest absolute Gasteiger partial charge is 0.489 e. The van der Waals surface area contributed by atoms with Gasteiger partial charge in [0.1, 0.15) is 29.7 Å². The van der Waals surface area contributed by atoms with E-state index in [1.165, 1.54) is 0 Å². The third kappa shape index (κ3) is 3.33. The van der Waals surface area contributed by atoms with Crippen molar-refractivity contribution in [3.8, 4) is 5.75 Å². The van der Waals surface area contributed by atoms with Crippen LogP contribution in [-0.4, -0.2) is 16.3 Å². The van der Waals surface area contributed by atoms with E-state index in [-0.39, 0.29) is 0 Å². The van der Waals surface area contributed by atoms with Gasteiger partial charge in [-0.1, -0.05) is 30.3 Å². The molecule has 0 radical (unpaired) electrons. The number of hydrogen-bond donors (Lipinski definition) is 2. The molecule has 1 aromatic heterocycles. The molecule has 0 saturated heterocycles. The number of urea groups is 1. The first-order valence-corrected chi connectivity index (χ1v) is 7.52. The highest BCUT2D eigenvalue weighted by molar-refractivity contribution is 5.80. The molecule has 0 saturated carbocycles. The molecule has 6 heteroatoms. The summed E-state index contributed by atoms with van der Waals surface area (Å²) in [6, 6.07) is 15.5. The van der Waals surface area contributed by atoms with Gasteiger partial charge in [0.2, 0.25) is 0 Å². The minimum Gasteiger partial charge on any atom is -0.489 e. The topological polar surface area (TPSA) is 88.9 Å². The second kappa shape index (κ2) is 6.64. The minimum absolute atomic E-state index is 0.435. The standard InChI is InChI=1S/C18H18N2O4/c1-12(20(22)18(19)21)16-9-14-7-8-15(10-17(14)24-16)23-11-13-5-3-2-4-6-13/h2-10,12,22H,11H2,1H3,(H2,19,21). The van der Waals surface area contributed by atoms with Crippen LogP contribution in [0.2, 0.25) is 0 Å². The molecule has 6 nitrogen and oxygen atoms in total. The summed E-state index contributed by atoms with van der Waals surface area (Å²) >= 11 is 0. The van der Waals surface area contributed by atoms with E-state index in [1.54, 1.807) is 19.1 Å². The summed E-state index contributed by atoms with van der Waals surface area (Å²) in [5.74, 6) is 1.11. The molecule has 24 heavy (non-hydrogen) atoms. The molecule has 1 unspecified atom stereocenters. The monoisotopic (exact) mass is 326 g/mol. The Bertz CT molecular complexity index is 845. The van der Waals surface area contributed by atoms with E-state index in [0.717, 1.165) is 10.9 Å². The third-order valence-electron chi connectivity index (χ3n) is 3.76. The van der Waals surface area contributed by atoms with Crippen LogP contribution in [0.25, 0.3) is 11.0 Å².